The van der Waals surface area contributed by atoms with E-state index in [4.69, 9.17) is 9.47 Å². The lowest BCUT2D eigenvalue weighted by Crippen LogP contribution is -2.28. The Morgan fingerprint density at radius 2 is 2.18 bits per heavy atom. The largest absolute Gasteiger partial charge is 0.494 e. The molecule has 1 aromatic rings. The summed E-state index contributed by atoms with van der Waals surface area (Å²) in [4.78, 5) is 0. The SMILES string of the molecule is CCCOc1ccc2c(c1)C(NCC)C(C)O2. The number of fused-ring (bicyclic) bond motifs is 1. The lowest BCUT2D eigenvalue weighted by Gasteiger charge is -2.15. The minimum atomic E-state index is 0.186. The maximum absolute atomic E-state index is 5.81. The van der Waals surface area contributed by atoms with E-state index in [-0.39, 0.29) is 12.1 Å². The van der Waals surface area contributed by atoms with Crippen LogP contribution in [0.5, 0.6) is 11.5 Å². The molecule has 94 valence electrons. The average molecular weight is 235 g/mol. The van der Waals surface area contributed by atoms with Crippen LogP contribution < -0.4 is 14.8 Å². The molecule has 2 rings (SSSR count). The van der Waals surface area contributed by atoms with Gasteiger partial charge in [0.25, 0.3) is 0 Å². The summed E-state index contributed by atoms with van der Waals surface area (Å²) in [5.74, 6) is 1.92. The van der Waals surface area contributed by atoms with Crippen LogP contribution in [0.2, 0.25) is 0 Å². The van der Waals surface area contributed by atoms with Gasteiger partial charge in [0.15, 0.2) is 0 Å². The first-order valence-electron chi connectivity index (χ1n) is 6.43. The summed E-state index contributed by atoms with van der Waals surface area (Å²) in [6.07, 6.45) is 1.21. The molecule has 0 saturated heterocycles. The van der Waals surface area contributed by atoms with Gasteiger partial charge in [0.2, 0.25) is 0 Å². The number of benzene rings is 1. The molecule has 2 unspecified atom stereocenters. The molecule has 0 radical (unpaired) electrons. The van der Waals surface area contributed by atoms with Crippen LogP contribution in [0.15, 0.2) is 18.2 Å². The number of ether oxygens (including phenoxy) is 2. The number of rotatable bonds is 5. The molecule has 1 aromatic carbocycles. The third-order valence-corrected chi connectivity index (χ3v) is 3.00. The molecule has 1 N–H and O–H groups in total. The first kappa shape index (κ1) is 12.2. The van der Waals surface area contributed by atoms with Crippen molar-refractivity contribution in [3.8, 4) is 11.5 Å². The van der Waals surface area contributed by atoms with Crippen LogP contribution in [0.4, 0.5) is 0 Å². The summed E-state index contributed by atoms with van der Waals surface area (Å²) in [6.45, 7) is 8.03. The molecule has 3 heteroatoms. The predicted octanol–water partition coefficient (Wildman–Crippen LogP) is 2.91. The van der Waals surface area contributed by atoms with Gasteiger partial charge in [0.1, 0.15) is 17.6 Å². The summed E-state index contributed by atoms with van der Waals surface area (Å²) in [6, 6.07) is 6.37. The summed E-state index contributed by atoms with van der Waals surface area (Å²) in [5, 5.41) is 3.45. The number of hydrogen-bond acceptors (Lipinski definition) is 3. The smallest absolute Gasteiger partial charge is 0.125 e. The molecule has 2 atom stereocenters. The van der Waals surface area contributed by atoms with Crippen LogP contribution in [0.1, 0.15) is 38.8 Å². The van der Waals surface area contributed by atoms with Gasteiger partial charge in [-0.1, -0.05) is 13.8 Å². The lowest BCUT2D eigenvalue weighted by atomic mass is 10.0. The van der Waals surface area contributed by atoms with Gasteiger partial charge in [0, 0.05) is 5.56 Å². The van der Waals surface area contributed by atoms with Crippen molar-refractivity contribution in [2.24, 2.45) is 0 Å². The molecule has 0 spiro atoms. The van der Waals surface area contributed by atoms with Crippen LogP contribution in [-0.2, 0) is 0 Å². The maximum atomic E-state index is 5.81. The molecule has 0 saturated carbocycles. The fourth-order valence-electron chi connectivity index (χ4n) is 2.20. The molecule has 0 amide bonds. The molecule has 17 heavy (non-hydrogen) atoms. The average Bonchev–Trinajstić information content (AvgIpc) is 2.64. The zero-order valence-corrected chi connectivity index (χ0v) is 10.8. The fourth-order valence-corrected chi connectivity index (χ4v) is 2.20. The Morgan fingerprint density at radius 1 is 1.35 bits per heavy atom. The van der Waals surface area contributed by atoms with E-state index < -0.39 is 0 Å². The van der Waals surface area contributed by atoms with Gasteiger partial charge in [-0.05, 0) is 38.1 Å². The van der Waals surface area contributed by atoms with Crippen molar-refractivity contribution in [1.82, 2.24) is 5.32 Å². The number of likely N-dealkylation sites (N-methyl/N-ethyl adjacent to an activating group) is 1. The maximum Gasteiger partial charge on any atom is 0.125 e. The monoisotopic (exact) mass is 235 g/mol. The molecule has 3 nitrogen and oxygen atoms in total. The summed E-state index contributed by atoms with van der Waals surface area (Å²) >= 11 is 0. The Hall–Kier alpha value is -1.22. The zero-order chi connectivity index (χ0) is 12.3. The third-order valence-electron chi connectivity index (χ3n) is 3.00. The molecule has 0 aromatic heterocycles. The molecular formula is C14H21NO2. The highest BCUT2D eigenvalue weighted by Crippen LogP contribution is 2.38. The van der Waals surface area contributed by atoms with Crippen LogP contribution in [0, 0.1) is 0 Å². The van der Waals surface area contributed by atoms with Gasteiger partial charge >= 0.3 is 0 Å². The number of nitrogens with one attached hydrogen (secondary N) is 1. The molecule has 0 bridgehead atoms. The van der Waals surface area contributed by atoms with Gasteiger partial charge in [-0.25, -0.2) is 0 Å². The van der Waals surface area contributed by atoms with E-state index in [2.05, 4.69) is 32.2 Å². The highest BCUT2D eigenvalue weighted by atomic mass is 16.5. The molecule has 1 aliphatic rings. The predicted molar refractivity (Wildman–Crippen MR) is 68.7 cm³/mol. The minimum absolute atomic E-state index is 0.186. The quantitative estimate of drug-likeness (QED) is 0.851. The van der Waals surface area contributed by atoms with Crippen LogP contribution in [0.25, 0.3) is 0 Å². The topological polar surface area (TPSA) is 30.5 Å². The van der Waals surface area contributed by atoms with Crippen molar-refractivity contribution in [1.29, 1.82) is 0 Å². The number of hydrogen-bond donors (Lipinski definition) is 1. The summed E-state index contributed by atoms with van der Waals surface area (Å²) < 4.78 is 11.5. The van der Waals surface area contributed by atoms with E-state index in [9.17, 15) is 0 Å². The first-order valence-corrected chi connectivity index (χ1v) is 6.43. The Labute approximate surface area is 103 Å². The second-order valence-corrected chi connectivity index (χ2v) is 4.41. The molecule has 0 aliphatic carbocycles. The van der Waals surface area contributed by atoms with Crippen LogP contribution >= 0.6 is 0 Å². The van der Waals surface area contributed by atoms with E-state index in [1.165, 1.54) is 5.56 Å². The zero-order valence-electron chi connectivity index (χ0n) is 10.8. The Kier molecular flexibility index (Phi) is 3.89. The normalized spacial score (nSPS) is 22.1. The van der Waals surface area contributed by atoms with E-state index in [0.29, 0.717) is 0 Å². The van der Waals surface area contributed by atoms with E-state index >= 15 is 0 Å². The molecule has 0 fully saturated rings. The van der Waals surface area contributed by atoms with E-state index in [0.717, 1.165) is 31.1 Å². The van der Waals surface area contributed by atoms with E-state index in [1.807, 2.05) is 12.1 Å². The van der Waals surface area contributed by atoms with Crippen LogP contribution in [-0.4, -0.2) is 19.3 Å². The fraction of sp³-hybridized carbons (Fsp3) is 0.571. The van der Waals surface area contributed by atoms with Gasteiger partial charge in [-0.15, -0.1) is 0 Å². The third kappa shape index (κ3) is 2.55. The van der Waals surface area contributed by atoms with E-state index in [1.54, 1.807) is 0 Å². The van der Waals surface area contributed by atoms with Gasteiger partial charge in [-0.3, -0.25) is 0 Å². The van der Waals surface area contributed by atoms with Crippen molar-refractivity contribution >= 4 is 0 Å². The summed E-state index contributed by atoms with van der Waals surface area (Å²) in [5.41, 5.74) is 1.22. The second-order valence-electron chi connectivity index (χ2n) is 4.41. The van der Waals surface area contributed by atoms with Crippen molar-refractivity contribution < 1.29 is 9.47 Å². The van der Waals surface area contributed by atoms with Crippen molar-refractivity contribution in [2.45, 2.75) is 39.3 Å². The minimum Gasteiger partial charge on any atom is -0.494 e. The Bertz CT molecular complexity index is 378. The standard InChI is InChI=1S/C14H21NO2/c1-4-8-16-11-6-7-13-12(9-11)14(15-5-2)10(3)17-13/h6-7,9-10,14-15H,4-5,8H2,1-3H3. The highest BCUT2D eigenvalue weighted by Gasteiger charge is 2.30. The molecule has 1 heterocycles. The van der Waals surface area contributed by atoms with Crippen LogP contribution in [0.3, 0.4) is 0 Å². The Balaban J connectivity index is 2.19. The highest BCUT2D eigenvalue weighted by molar-refractivity contribution is 5.45. The van der Waals surface area contributed by atoms with Gasteiger partial charge in [-0.2, -0.15) is 0 Å². The van der Waals surface area contributed by atoms with Crippen molar-refractivity contribution in [3.05, 3.63) is 23.8 Å². The lowest BCUT2D eigenvalue weighted by molar-refractivity contribution is 0.211. The van der Waals surface area contributed by atoms with Crippen molar-refractivity contribution in [3.63, 3.8) is 0 Å². The molecular weight excluding hydrogens is 214 g/mol. The van der Waals surface area contributed by atoms with Gasteiger partial charge < -0.3 is 14.8 Å². The molecule has 1 aliphatic heterocycles. The Morgan fingerprint density at radius 3 is 2.88 bits per heavy atom. The van der Waals surface area contributed by atoms with Crippen molar-refractivity contribution in [2.75, 3.05) is 13.2 Å². The van der Waals surface area contributed by atoms with Gasteiger partial charge in [0.05, 0.1) is 12.6 Å². The first-order chi connectivity index (χ1) is 8.26. The summed E-state index contributed by atoms with van der Waals surface area (Å²) in [7, 11) is 0. The second kappa shape index (κ2) is 5.41.